The van der Waals surface area contributed by atoms with Gasteiger partial charge in [-0.2, -0.15) is 0 Å². The highest BCUT2D eigenvalue weighted by molar-refractivity contribution is 5.99. The van der Waals surface area contributed by atoms with Crippen molar-refractivity contribution in [3.8, 4) is 0 Å². The molecule has 1 fully saturated rings. The van der Waals surface area contributed by atoms with Crippen LogP contribution in [0.25, 0.3) is 0 Å². The fourth-order valence-corrected chi connectivity index (χ4v) is 8.88. The van der Waals surface area contributed by atoms with Crippen LogP contribution in [0.5, 0.6) is 0 Å². The van der Waals surface area contributed by atoms with E-state index < -0.39 is 29.6 Å². The van der Waals surface area contributed by atoms with Gasteiger partial charge < -0.3 is 5.32 Å². The van der Waals surface area contributed by atoms with E-state index in [0.717, 1.165) is 89.9 Å². The number of nitrogens with one attached hydrogen (secondary N) is 3. The molecular formula is C55H99N3O5. The SMILES string of the molecule is CCCCCCCCC=CCCCCCCCC(=O)NC(=O)C1CC(C(=O)NCCC(C)CCCC(C)C)CC(C(=O)NC(=O)CCCCCCCC=CCCCCCCCC)C1. The maximum Gasteiger partial charge on any atom is 0.229 e. The van der Waals surface area contributed by atoms with Crippen LogP contribution >= 0.6 is 0 Å². The summed E-state index contributed by atoms with van der Waals surface area (Å²) in [5.74, 6) is -2.25. The predicted octanol–water partition coefficient (Wildman–Crippen LogP) is 14.3. The Bertz CT molecular complexity index is 1170. The monoisotopic (exact) mass is 882 g/mol. The third-order valence-electron chi connectivity index (χ3n) is 13.1. The van der Waals surface area contributed by atoms with E-state index in [1.807, 2.05) is 0 Å². The van der Waals surface area contributed by atoms with E-state index in [9.17, 15) is 24.0 Å². The van der Waals surface area contributed by atoms with Gasteiger partial charge >= 0.3 is 0 Å². The number of carbonyl (C=O) groups is 5. The molecule has 0 spiro atoms. The summed E-state index contributed by atoms with van der Waals surface area (Å²) < 4.78 is 0. The number of amides is 5. The maximum absolute atomic E-state index is 13.5. The average molecular weight is 882 g/mol. The second-order valence-electron chi connectivity index (χ2n) is 19.8. The van der Waals surface area contributed by atoms with Crippen LogP contribution in [0, 0.1) is 29.6 Å². The molecule has 1 aliphatic rings. The van der Waals surface area contributed by atoms with E-state index in [0.29, 0.717) is 18.4 Å². The summed E-state index contributed by atoms with van der Waals surface area (Å²) in [4.78, 5) is 66.1. The molecule has 8 heteroatoms. The number of hydrogen-bond donors (Lipinski definition) is 3. The Kier molecular flexibility index (Phi) is 37.6. The molecule has 0 aliphatic heterocycles. The van der Waals surface area contributed by atoms with E-state index in [1.54, 1.807) is 0 Å². The average Bonchev–Trinajstić information content (AvgIpc) is 3.25. The van der Waals surface area contributed by atoms with Crippen molar-refractivity contribution in [1.29, 1.82) is 0 Å². The fourth-order valence-electron chi connectivity index (χ4n) is 8.88. The van der Waals surface area contributed by atoms with E-state index in [4.69, 9.17) is 0 Å². The van der Waals surface area contributed by atoms with Crippen LogP contribution in [0.3, 0.4) is 0 Å². The van der Waals surface area contributed by atoms with Crippen LogP contribution in [0.15, 0.2) is 24.3 Å². The minimum atomic E-state index is -0.654. The van der Waals surface area contributed by atoms with E-state index in [-0.39, 0.29) is 49.8 Å². The molecule has 0 aromatic carbocycles. The molecule has 0 heterocycles. The van der Waals surface area contributed by atoms with Crippen molar-refractivity contribution < 1.29 is 24.0 Å². The van der Waals surface area contributed by atoms with Crippen molar-refractivity contribution >= 4 is 29.5 Å². The molecule has 63 heavy (non-hydrogen) atoms. The van der Waals surface area contributed by atoms with Crippen molar-refractivity contribution in [2.24, 2.45) is 29.6 Å². The van der Waals surface area contributed by atoms with Gasteiger partial charge in [0.15, 0.2) is 0 Å². The van der Waals surface area contributed by atoms with Crippen molar-refractivity contribution in [2.75, 3.05) is 6.54 Å². The van der Waals surface area contributed by atoms with Crippen LogP contribution in [-0.4, -0.2) is 36.1 Å². The van der Waals surface area contributed by atoms with Crippen LogP contribution in [0.1, 0.15) is 259 Å². The molecule has 0 saturated heterocycles. The largest absolute Gasteiger partial charge is 0.356 e. The Labute approximate surface area is 388 Å². The first-order valence-electron chi connectivity index (χ1n) is 26.8. The lowest BCUT2D eigenvalue weighted by Crippen LogP contribution is -2.46. The second-order valence-corrected chi connectivity index (χ2v) is 19.8. The topological polar surface area (TPSA) is 121 Å². The summed E-state index contributed by atoms with van der Waals surface area (Å²) in [5.41, 5.74) is 0. The smallest absolute Gasteiger partial charge is 0.229 e. The third-order valence-corrected chi connectivity index (χ3v) is 13.1. The summed E-state index contributed by atoms with van der Waals surface area (Å²) in [5, 5.41) is 8.27. The number of hydrogen-bond acceptors (Lipinski definition) is 5. The molecule has 1 saturated carbocycles. The Balaban J connectivity index is 2.52. The number of imide groups is 2. The number of carbonyl (C=O) groups excluding carboxylic acids is 5. The first kappa shape index (κ1) is 58.2. The van der Waals surface area contributed by atoms with Crippen molar-refractivity contribution in [3.05, 3.63) is 24.3 Å². The van der Waals surface area contributed by atoms with Gasteiger partial charge in [-0.3, -0.25) is 34.6 Å². The Morgan fingerprint density at radius 3 is 1.16 bits per heavy atom. The molecule has 5 amide bonds. The molecule has 0 aromatic rings. The standard InChI is InChI=1S/C55H99N3O5/c1-6-8-10-12-14-16-18-20-22-24-26-28-30-32-34-39-51(59)57-54(62)49-43-48(53(61)56-42-41-47(5)38-36-37-46(3)4)44-50(45-49)55(63)58-52(60)40-35-33-31-29-27-25-23-21-19-17-15-13-11-9-7-2/h20-23,46-50H,6-19,24-45H2,1-5H3,(H,56,61)(H,57,59,62)(H,58,60,63). The van der Waals surface area contributed by atoms with Gasteiger partial charge in [-0.15, -0.1) is 0 Å². The highest BCUT2D eigenvalue weighted by atomic mass is 16.2. The molecule has 1 rings (SSSR count). The molecule has 8 nitrogen and oxygen atoms in total. The van der Waals surface area contributed by atoms with E-state index >= 15 is 0 Å². The third kappa shape index (κ3) is 34.3. The summed E-state index contributed by atoms with van der Waals surface area (Å²) >= 11 is 0. The molecule has 3 atom stereocenters. The lowest BCUT2D eigenvalue weighted by atomic mass is 9.74. The van der Waals surface area contributed by atoms with Crippen LogP contribution in [-0.2, 0) is 24.0 Å². The van der Waals surface area contributed by atoms with Gasteiger partial charge in [-0.05, 0) is 102 Å². The predicted molar refractivity (Wildman–Crippen MR) is 265 cm³/mol. The van der Waals surface area contributed by atoms with Crippen LogP contribution in [0.4, 0.5) is 0 Å². The van der Waals surface area contributed by atoms with Crippen LogP contribution < -0.4 is 16.0 Å². The molecule has 0 bridgehead atoms. The van der Waals surface area contributed by atoms with Gasteiger partial charge in [0, 0.05) is 37.1 Å². The summed E-state index contributed by atoms with van der Waals surface area (Å²) in [6.45, 7) is 11.7. The minimum Gasteiger partial charge on any atom is -0.356 e. The quantitative estimate of drug-likeness (QED) is 0.0418. The Morgan fingerprint density at radius 2 is 0.778 bits per heavy atom. The maximum atomic E-state index is 13.5. The van der Waals surface area contributed by atoms with Gasteiger partial charge in [-0.25, -0.2) is 0 Å². The first-order valence-corrected chi connectivity index (χ1v) is 26.8. The van der Waals surface area contributed by atoms with Crippen molar-refractivity contribution in [1.82, 2.24) is 16.0 Å². The first-order chi connectivity index (χ1) is 30.6. The van der Waals surface area contributed by atoms with Gasteiger partial charge in [0.2, 0.25) is 29.5 Å². The zero-order chi connectivity index (χ0) is 46.2. The molecular weight excluding hydrogens is 783 g/mol. The zero-order valence-corrected chi connectivity index (χ0v) is 41.7. The van der Waals surface area contributed by atoms with Gasteiger partial charge in [-0.1, -0.05) is 181 Å². The minimum absolute atomic E-state index is 0.154. The molecule has 364 valence electrons. The van der Waals surface area contributed by atoms with Crippen molar-refractivity contribution in [3.63, 3.8) is 0 Å². The van der Waals surface area contributed by atoms with Gasteiger partial charge in [0.05, 0.1) is 0 Å². The normalized spacial score (nSPS) is 17.1. The number of allylic oxidation sites excluding steroid dienone is 4. The fraction of sp³-hybridized carbons (Fsp3) is 0.836. The molecule has 1 aliphatic carbocycles. The summed E-state index contributed by atoms with van der Waals surface area (Å²) in [6, 6.07) is 0. The number of unbranched alkanes of at least 4 members (excludes halogenated alkanes) is 22. The van der Waals surface area contributed by atoms with Crippen molar-refractivity contribution in [2.45, 2.75) is 259 Å². The van der Waals surface area contributed by atoms with Gasteiger partial charge in [0.25, 0.3) is 0 Å². The van der Waals surface area contributed by atoms with Gasteiger partial charge in [0.1, 0.15) is 0 Å². The molecule has 3 N–H and O–H groups in total. The zero-order valence-electron chi connectivity index (χ0n) is 41.7. The number of rotatable bonds is 40. The molecule has 3 unspecified atom stereocenters. The van der Waals surface area contributed by atoms with E-state index in [1.165, 1.54) is 103 Å². The summed E-state index contributed by atoms with van der Waals surface area (Å²) in [7, 11) is 0. The molecule has 0 radical (unpaired) electrons. The lowest BCUT2D eigenvalue weighted by Gasteiger charge is -2.32. The molecule has 0 aromatic heterocycles. The Hall–Kier alpha value is -2.77. The second kappa shape index (κ2) is 40.7. The summed E-state index contributed by atoms with van der Waals surface area (Å²) in [6.07, 6.45) is 45.6. The highest BCUT2D eigenvalue weighted by Crippen LogP contribution is 2.34. The Morgan fingerprint density at radius 1 is 0.429 bits per heavy atom. The lowest BCUT2D eigenvalue weighted by molar-refractivity contribution is -0.137. The van der Waals surface area contributed by atoms with E-state index in [2.05, 4.69) is 74.9 Å². The highest BCUT2D eigenvalue weighted by Gasteiger charge is 2.39. The van der Waals surface area contributed by atoms with Crippen LogP contribution in [0.2, 0.25) is 0 Å².